The van der Waals surface area contributed by atoms with Crippen molar-refractivity contribution < 1.29 is 27.8 Å². The van der Waals surface area contributed by atoms with Gasteiger partial charge in [0, 0.05) is 5.56 Å². The molecule has 156 valence electrons. The number of nitrogens with one attached hydrogen (secondary N) is 3. The van der Waals surface area contributed by atoms with E-state index in [0.29, 0.717) is 18.7 Å². The molecule has 0 bridgehead atoms. The van der Waals surface area contributed by atoms with Gasteiger partial charge in [-0.15, -0.1) is 0 Å². The van der Waals surface area contributed by atoms with E-state index in [9.17, 15) is 18.0 Å². The van der Waals surface area contributed by atoms with Gasteiger partial charge in [0.1, 0.15) is 32.7 Å². The third-order valence-electron chi connectivity index (χ3n) is 5.46. The highest BCUT2D eigenvalue weighted by Gasteiger charge is 2.31. The van der Waals surface area contributed by atoms with Gasteiger partial charge in [-0.3, -0.25) is 4.79 Å². The molecule has 29 heavy (non-hydrogen) atoms. The van der Waals surface area contributed by atoms with Crippen LogP contribution < -0.4 is 15.1 Å². The molecule has 3 N–H and O–H groups in total. The molecule has 1 atom stereocenters. The Morgan fingerprint density at radius 3 is 2.31 bits per heavy atom. The summed E-state index contributed by atoms with van der Waals surface area (Å²) in [4.78, 5) is 14.8. The molecule has 1 aliphatic heterocycles. The minimum absolute atomic E-state index is 0.0256. The number of benzene rings is 2. The monoisotopic (exact) mass is 407 g/mol. The summed E-state index contributed by atoms with van der Waals surface area (Å²) >= 11 is 0. The molecular formula is C22H28F3N3O+2. The number of carbonyl (C=O) groups is 1. The van der Waals surface area contributed by atoms with Gasteiger partial charge in [0.05, 0.1) is 11.6 Å². The molecule has 1 saturated heterocycles. The van der Waals surface area contributed by atoms with Crippen molar-refractivity contribution >= 4 is 5.91 Å². The van der Waals surface area contributed by atoms with E-state index in [4.69, 9.17) is 0 Å². The first-order valence-electron chi connectivity index (χ1n) is 9.99. The summed E-state index contributed by atoms with van der Waals surface area (Å²) in [6.07, 6.45) is -4.31. The van der Waals surface area contributed by atoms with E-state index in [1.165, 1.54) is 21.9 Å². The van der Waals surface area contributed by atoms with Crippen molar-refractivity contribution in [2.45, 2.75) is 25.7 Å². The second kappa shape index (κ2) is 9.41. The number of quaternary nitrogens is 2. The van der Waals surface area contributed by atoms with E-state index in [2.05, 4.69) is 5.32 Å². The van der Waals surface area contributed by atoms with Gasteiger partial charge in [-0.1, -0.05) is 42.5 Å². The number of alkyl halides is 3. The summed E-state index contributed by atoms with van der Waals surface area (Å²) in [6.45, 7) is 6.32. The molecule has 2 aromatic rings. The number of rotatable bonds is 6. The van der Waals surface area contributed by atoms with E-state index in [1.54, 1.807) is 6.07 Å². The summed E-state index contributed by atoms with van der Waals surface area (Å²) in [6, 6.07) is 15.4. The van der Waals surface area contributed by atoms with E-state index < -0.39 is 11.7 Å². The lowest BCUT2D eigenvalue weighted by Crippen LogP contribution is -3.28. The topological polar surface area (TPSA) is 38.0 Å². The van der Waals surface area contributed by atoms with Gasteiger partial charge in [-0.25, -0.2) is 0 Å². The highest BCUT2D eigenvalue weighted by Crippen LogP contribution is 2.29. The normalized spacial score (nSPS) is 20.8. The Labute approximate surface area is 169 Å². The van der Waals surface area contributed by atoms with E-state index in [-0.39, 0.29) is 11.9 Å². The van der Waals surface area contributed by atoms with Crippen LogP contribution in [0.5, 0.6) is 0 Å². The zero-order valence-electron chi connectivity index (χ0n) is 16.6. The Morgan fingerprint density at radius 1 is 1.00 bits per heavy atom. The Kier molecular flexibility index (Phi) is 6.92. The summed E-state index contributed by atoms with van der Waals surface area (Å²) in [5, 5.41) is 3.04. The van der Waals surface area contributed by atoms with Crippen LogP contribution in [0.25, 0.3) is 0 Å². The predicted molar refractivity (Wildman–Crippen MR) is 104 cm³/mol. The molecule has 1 heterocycles. The molecule has 0 unspecified atom stereocenters. The van der Waals surface area contributed by atoms with Gasteiger partial charge in [-0.05, 0) is 24.6 Å². The number of piperazine rings is 1. The fourth-order valence-electron chi connectivity index (χ4n) is 3.80. The van der Waals surface area contributed by atoms with Crippen molar-refractivity contribution in [3.05, 3.63) is 71.3 Å². The number of halogens is 3. The van der Waals surface area contributed by atoms with Crippen LogP contribution in [0, 0.1) is 0 Å². The molecule has 7 heteroatoms. The second-order valence-electron chi connectivity index (χ2n) is 7.75. The van der Waals surface area contributed by atoms with Gasteiger partial charge in [0.2, 0.25) is 0 Å². The number of amides is 1. The minimum atomic E-state index is -4.31. The molecule has 3 rings (SSSR count). The Hall–Kier alpha value is -2.38. The Morgan fingerprint density at radius 2 is 1.66 bits per heavy atom. The molecule has 0 aliphatic carbocycles. The molecule has 0 spiro atoms. The lowest BCUT2D eigenvalue weighted by Gasteiger charge is -2.29. The van der Waals surface area contributed by atoms with Crippen LogP contribution in [0.2, 0.25) is 0 Å². The molecule has 1 amide bonds. The standard InChI is InChI=1S/C22H26F3N3O/c1-17(19-7-3-2-4-8-19)26-21(29)16-28-12-10-27(11-13-28)15-18-6-5-9-20(14-18)22(23,24)25/h2-9,14,17H,10-13,15-16H2,1H3,(H,26,29)/p+2/t17-/m1/s1. The summed E-state index contributed by atoms with van der Waals surface area (Å²) in [5.41, 5.74) is 1.18. The summed E-state index contributed by atoms with van der Waals surface area (Å²) in [7, 11) is 0. The molecule has 1 aliphatic rings. The van der Waals surface area contributed by atoms with Gasteiger partial charge in [0.25, 0.3) is 5.91 Å². The van der Waals surface area contributed by atoms with E-state index in [1.807, 2.05) is 37.3 Å². The lowest BCUT2D eigenvalue weighted by atomic mass is 10.1. The first-order valence-corrected chi connectivity index (χ1v) is 9.99. The SMILES string of the molecule is C[C@@H](NC(=O)C[NH+]1CC[NH+](Cc2cccc(C(F)(F)F)c2)CC1)c1ccccc1. The predicted octanol–water partition coefficient (Wildman–Crippen LogP) is 0.866. The highest BCUT2D eigenvalue weighted by molar-refractivity contribution is 5.77. The van der Waals surface area contributed by atoms with Crippen LogP contribution in [0.4, 0.5) is 13.2 Å². The smallest absolute Gasteiger partial charge is 0.345 e. The van der Waals surface area contributed by atoms with Crippen LogP contribution in [-0.2, 0) is 17.5 Å². The third-order valence-corrected chi connectivity index (χ3v) is 5.46. The van der Waals surface area contributed by atoms with Gasteiger partial charge in [0.15, 0.2) is 6.54 Å². The van der Waals surface area contributed by atoms with Crippen molar-refractivity contribution in [3.8, 4) is 0 Å². The maximum Gasteiger partial charge on any atom is 0.416 e. The van der Waals surface area contributed by atoms with Crippen molar-refractivity contribution in [2.75, 3.05) is 32.7 Å². The summed E-state index contributed by atoms with van der Waals surface area (Å²) in [5.74, 6) is 0.0256. The number of hydrogen-bond acceptors (Lipinski definition) is 1. The molecule has 4 nitrogen and oxygen atoms in total. The molecular weight excluding hydrogens is 379 g/mol. The highest BCUT2D eigenvalue weighted by atomic mass is 19.4. The van der Waals surface area contributed by atoms with Crippen molar-refractivity contribution in [2.24, 2.45) is 0 Å². The van der Waals surface area contributed by atoms with Gasteiger partial charge >= 0.3 is 6.18 Å². The van der Waals surface area contributed by atoms with E-state index in [0.717, 1.165) is 37.8 Å². The molecule has 0 saturated carbocycles. The average molecular weight is 407 g/mol. The second-order valence-corrected chi connectivity index (χ2v) is 7.75. The van der Waals surface area contributed by atoms with E-state index >= 15 is 0 Å². The van der Waals surface area contributed by atoms with Crippen molar-refractivity contribution in [3.63, 3.8) is 0 Å². The zero-order chi connectivity index (χ0) is 20.9. The van der Waals surface area contributed by atoms with Crippen LogP contribution >= 0.6 is 0 Å². The zero-order valence-corrected chi connectivity index (χ0v) is 16.6. The van der Waals surface area contributed by atoms with Gasteiger partial charge < -0.3 is 15.1 Å². The van der Waals surface area contributed by atoms with Crippen LogP contribution in [0.1, 0.15) is 29.7 Å². The summed E-state index contributed by atoms with van der Waals surface area (Å²) < 4.78 is 38.6. The molecule has 2 aromatic carbocycles. The molecule has 0 aromatic heterocycles. The van der Waals surface area contributed by atoms with Gasteiger partial charge in [-0.2, -0.15) is 13.2 Å². The van der Waals surface area contributed by atoms with Crippen LogP contribution in [0.15, 0.2) is 54.6 Å². The minimum Gasteiger partial charge on any atom is -0.345 e. The maximum absolute atomic E-state index is 12.9. The molecule has 1 fully saturated rings. The fraction of sp³-hybridized carbons (Fsp3) is 0.409. The van der Waals surface area contributed by atoms with Crippen molar-refractivity contribution in [1.29, 1.82) is 0 Å². The average Bonchev–Trinajstić information content (AvgIpc) is 2.69. The first kappa shape index (κ1) is 21.3. The Bertz CT molecular complexity index is 802. The fourth-order valence-corrected chi connectivity index (χ4v) is 3.80. The number of hydrogen-bond donors (Lipinski definition) is 3. The quantitative estimate of drug-likeness (QED) is 0.653. The van der Waals surface area contributed by atoms with Crippen molar-refractivity contribution in [1.82, 2.24) is 5.32 Å². The van der Waals surface area contributed by atoms with Crippen LogP contribution in [-0.4, -0.2) is 38.6 Å². The largest absolute Gasteiger partial charge is 0.416 e. The lowest BCUT2D eigenvalue weighted by molar-refractivity contribution is -1.02. The first-order chi connectivity index (χ1) is 13.8. The third kappa shape index (κ3) is 6.30. The molecule has 0 radical (unpaired) electrons. The maximum atomic E-state index is 12.9. The number of carbonyl (C=O) groups excluding carboxylic acids is 1. The van der Waals surface area contributed by atoms with Crippen LogP contribution in [0.3, 0.4) is 0 Å². The Balaban J connectivity index is 1.44.